The van der Waals surface area contributed by atoms with Crippen LogP contribution in [0.1, 0.15) is 5.56 Å². The summed E-state index contributed by atoms with van der Waals surface area (Å²) in [6.07, 6.45) is 0. The van der Waals surface area contributed by atoms with Crippen molar-refractivity contribution < 1.29 is 13.9 Å². The Balaban J connectivity index is 2.21. The maximum Gasteiger partial charge on any atom is 0.145 e. The number of nitrogens with one attached hydrogen (secondary N) is 1. The minimum absolute atomic E-state index is 0.280. The number of anilines is 1. The second-order valence-electron chi connectivity index (χ2n) is 4.28. The van der Waals surface area contributed by atoms with Gasteiger partial charge in [-0.3, -0.25) is 0 Å². The van der Waals surface area contributed by atoms with Gasteiger partial charge in [-0.2, -0.15) is 0 Å². The Kier molecular flexibility index (Phi) is 5.15. The molecule has 0 fully saturated rings. The van der Waals surface area contributed by atoms with Crippen molar-refractivity contribution >= 4 is 28.9 Å². The quantitative estimate of drug-likeness (QED) is 0.857. The van der Waals surface area contributed by atoms with Crippen molar-refractivity contribution in [1.82, 2.24) is 0 Å². The molecule has 2 aromatic rings. The first-order valence-electron chi connectivity index (χ1n) is 6.14. The maximum atomic E-state index is 13.7. The minimum atomic E-state index is -0.367. The van der Waals surface area contributed by atoms with E-state index in [0.29, 0.717) is 32.8 Å². The van der Waals surface area contributed by atoms with E-state index < -0.39 is 0 Å². The molecule has 0 aliphatic rings. The van der Waals surface area contributed by atoms with Gasteiger partial charge < -0.3 is 14.8 Å². The average Bonchev–Trinajstić information content (AvgIpc) is 2.46. The molecule has 2 aromatic carbocycles. The highest BCUT2D eigenvalue weighted by Crippen LogP contribution is 2.36. The van der Waals surface area contributed by atoms with Crippen LogP contribution in [0.4, 0.5) is 10.1 Å². The smallest absolute Gasteiger partial charge is 0.145 e. The number of benzene rings is 2. The van der Waals surface area contributed by atoms with Crippen LogP contribution in [0.3, 0.4) is 0 Å². The zero-order chi connectivity index (χ0) is 15.4. The van der Waals surface area contributed by atoms with Crippen molar-refractivity contribution in [3.8, 4) is 11.5 Å². The number of methoxy groups -OCH3 is 2. The molecular weight excluding hydrogens is 316 g/mol. The van der Waals surface area contributed by atoms with Crippen molar-refractivity contribution in [2.75, 3.05) is 19.5 Å². The van der Waals surface area contributed by atoms with Gasteiger partial charge >= 0.3 is 0 Å². The fraction of sp³-hybridized carbons (Fsp3) is 0.200. The minimum Gasteiger partial charge on any atom is -0.495 e. The van der Waals surface area contributed by atoms with Gasteiger partial charge in [-0.1, -0.05) is 29.3 Å². The number of rotatable bonds is 5. The Labute approximate surface area is 132 Å². The summed E-state index contributed by atoms with van der Waals surface area (Å²) in [7, 11) is 3.06. The topological polar surface area (TPSA) is 30.5 Å². The van der Waals surface area contributed by atoms with Gasteiger partial charge in [-0.25, -0.2) is 4.39 Å². The average molecular weight is 330 g/mol. The second kappa shape index (κ2) is 6.87. The number of halogens is 3. The lowest BCUT2D eigenvalue weighted by atomic mass is 10.2. The molecule has 0 unspecified atom stereocenters. The van der Waals surface area contributed by atoms with Gasteiger partial charge in [0.2, 0.25) is 0 Å². The molecule has 0 amide bonds. The fourth-order valence-electron chi connectivity index (χ4n) is 1.85. The molecule has 1 N–H and O–H groups in total. The first-order valence-corrected chi connectivity index (χ1v) is 6.90. The van der Waals surface area contributed by atoms with Crippen molar-refractivity contribution in [3.63, 3.8) is 0 Å². The highest BCUT2D eigenvalue weighted by atomic mass is 35.5. The molecule has 0 aliphatic heterocycles. The summed E-state index contributed by atoms with van der Waals surface area (Å²) >= 11 is 11.8. The Hall–Kier alpha value is -1.65. The molecule has 0 aliphatic carbocycles. The normalized spacial score (nSPS) is 10.3. The third-order valence-corrected chi connectivity index (χ3v) is 3.49. The van der Waals surface area contributed by atoms with E-state index in [-0.39, 0.29) is 12.4 Å². The van der Waals surface area contributed by atoms with Gasteiger partial charge in [-0.15, -0.1) is 0 Å². The zero-order valence-corrected chi connectivity index (χ0v) is 13.1. The molecule has 0 saturated carbocycles. The Morgan fingerprint density at radius 1 is 1.05 bits per heavy atom. The molecule has 6 heteroatoms. The summed E-state index contributed by atoms with van der Waals surface area (Å²) in [6, 6.07) is 7.88. The van der Waals surface area contributed by atoms with Crippen molar-refractivity contribution in [2.24, 2.45) is 0 Å². The monoisotopic (exact) mass is 329 g/mol. The third kappa shape index (κ3) is 3.71. The van der Waals surface area contributed by atoms with Crippen LogP contribution in [0.2, 0.25) is 10.0 Å². The van der Waals surface area contributed by atoms with Crippen LogP contribution in [0.15, 0.2) is 30.3 Å². The highest BCUT2D eigenvalue weighted by molar-refractivity contribution is 6.32. The predicted octanol–water partition coefficient (Wildman–Crippen LogP) is 4.76. The van der Waals surface area contributed by atoms with Crippen LogP contribution < -0.4 is 14.8 Å². The summed E-state index contributed by atoms with van der Waals surface area (Å²) in [4.78, 5) is 0. The Morgan fingerprint density at radius 2 is 1.76 bits per heavy atom. The van der Waals surface area contributed by atoms with Crippen molar-refractivity contribution in [1.29, 1.82) is 0 Å². The van der Waals surface area contributed by atoms with E-state index in [9.17, 15) is 4.39 Å². The first kappa shape index (κ1) is 15.7. The molecule has 112 valence electrons. The Bertz CT molecular complexity index is 650. The molecule has 3 nitrogen and oxygen atoms in total. The van der Waals surface area contributed by atoms with E-state index >= 15 is 0 Å². The van der Waals surface area contributed by atoms with Gasteiger partial charge in [0, 0.05) is 23.2 Å². The third-order valence-electron chi connectivity index (χ3n) is 2.96. The van der Waals surface area contributed by atoms with Crippen molar-refractivity contribution in [2.45, 2.75) is 6.54 Å². The van der Waals surface area contributed by atoms with E-state index in [4.69, 9.17) is 32.7 Å². The molecule has 0 heterocycles. The summed E-state index contributed by atoms with van der Waals surface area (Å²) in [5.74, 6) is 0.705. The number of hydrogen-bond acceptors (Lipinski definition) is 3. The van der Waals surface area contributed by atoms with Gasteiger partial charge in [-0.05, 0) is 18.2 Å². The molecule has 0 bridgehead atoms. The van der Waals surface area contributed by atoms with Crippen LogP contribution in [0, 0.1) is 5.82 Å². The van der Waals surface area contributed by atoms with E-state index in [1.165, 1.54) is 20.3 Å². The van der Waals surface area contributed by atoms with E-state index in [2.05, 4.69) is 5.32 Å². The zero-order valence-electron chi connectivity index (χ0n) is 11.5. The van der Waals surface area contributed by atoms with Gasteiger partial charge in [0.05, 0.1) is 24.9 Å². The number of ether oxygens (including phenoxy) is 2. The molecule has 21 heavy (non-hydrogen) atoms. The summed E-state index contributed by atoms with van der Waals surface area (Å²) in [5, 5.41) is 3.89. The maximum absolute atomic E-state index is 13.7. The second-order valence-corrected chi connectivity index (χ2v) is 5.12. The molecule has 0 saturated heterocycles. The first-order chi connectivity index (χ1) is 10.0. The fourth-order valence-corrected chi connectivity index (χ4v) is 2.25. The largest absolute Gasteiger partial charge is 0.495 e. The lowest BCUT2D eigenvalue weighted by Gasteiger charge is -2.14. The Morgan fingerprint density at radius 3 is 2.38 bits per heavy atom. The molecule has 0 radical (unpaired) electrons. The molecule has 0 aromatic heterocycles. The van der Waals surface area contributed by atoms with Crippen molar-refractivity contribution in [3.05, 3.63) is 51.8 Å². The summed E-state index contributed by atoms with van der Waals surface area (Å²) in [6.45, 7) is 0.280. The molecule has 0 atom stereocenters. The lowest BCUT2D eigenvalue weighted by molar-refractivity contribution is 0.395. The highest BCUT2D eigenvalue weighted by Gasteiger charge is 2.10. The standard InChI is InChI=1S/C15H14Cl2FNO2/c1-20-14-7-15(21-2)13(6-11(14)17)19-8-9-3-4-10(16)5-12(9)18/h3-7,19H,8H2,1-2H3. The van der Waals surface area contributed by atoms with Gasteiger partial charge in [0.15, 0.2) is 0 Å². The van der Waals surface area contributed by atoms with Crippen LogP contribution in [0.5, 0.6) is 11.5 Å². The van der Waals surface area contributed by atoms with E-state index in [1.807, 2.05) is 0 Å². The molecule has 2 rings (SSSR count). The molecular formula is C15H14Cl2FNO2. The van der Waals surface area contributed by atoms with Crippen LogP contribution in [-0.2, 0) is 6.54 Å². The summed E-state index contributed by atoms with van der Waals surface area (Å²) < 4.78 is 24.1. The molecule has 0 spiro atoms. The SMILES string of the molecule is COc1cc(OC)c(NCc2ccc(Cl)cc2F)cc1Cl. The van der Waals surface area contributed by atoms with Crippen LogP contribution in [0.25, 0.3) is 0 Å². The van der Waals surface area contributed by atoms with Crippen LogP contribution >= 0.6 is 23.2 Å². The predicted molar refractivity (Wildman–Crippen MR) is 83.3 cm³/mol. The number of hydrogen-bond donors (Lipinski definition) is 1. The van der Waals surface area contributed by atoms with E-state index in [1.54, 1.807) is 24.3 Å². The van der Waals surface area contributed by atoms with Gasteiger partial charge in [0.1, 0.15) is 17.3 Å². The van der Waals surface area contributed by atoms with Gasteiger partial charge in [0.25, 0.3) is 0 Å². The summed E-state index contributed by atoms with van der Waals surface area (Å²) in [5.41, 5.74) is 1.14. The van der Waals surface area contributed by atoms with Crippen LogP contribution in [-0.4, -0.2) is 14.2 Å². The van der Waals surface area contributed by atoms with E-state index in [0.717, 1.165) is 0 Å². The lowest BCUT2D eigenvalue weighted by Crippen LogP contribution is -2.03.